The van der Waals surface area contributed by atoms with E-state index >= 15 is 0 Å². The average Bonchev–Trinajstić information content (AvgIpc) is 3.11. The Labute approximate surface area is 104 Å². The number of benzene rings is 1. The van der Waals surface area contributed by atoms with Gasteiger partial charge in [0.15, 0.2) is 0 Å². The molecule has 17 heavy (non-hydrogen) atoms. The summed E-state index contributed by atoms with van der Waals surface area (Å²) in [5.41, 5.74) is 2.68. The van der Waals surface area contributed by atoms with Gasteiger partial charge in [0.05, 0.1) is 13.2 Å². The molecule has 0 heterocycles. The lowest BCUT2D eigenvalue weighted by molar-refractivity contribution is 0.171. The van der Waals surface area contributed by atoms with Crippen LogP contribution in [-0.4, -0.2) is 25.4 Å². The second-order valence-electron chi connectivity index (χ2n) is 5.83. The van der Waals surface area contributed by atoms with E-state index in [-0.39, 0.29) is 17.4 Å². The lowest BCUT2D eigenvalue weighted by Gasteiger charge is -2.23. The van der Waals surface area contributed by atoms with E-state index in [0.29, 0.717) is 0 Å². The van der Waals surface area contributed by atoms with Gasteiger partial charge < -0.3 is 9.84 Å². The van der Waals surface area contributed by atoms with E-state index in [1.807, 2.05) is 0 Å². The average molecular weight is 234 g/mol. The molecule has 0 radical (unpaired) electrons. The van der Waals surface area contributed by atoms with Gasteiger partial charge in [0.2, 0.25) is 0 Å². The Bertz CT molecular complexity index is 374. The van der Waals surface area contributed by atoms with Crippen LogP contribution in [0.3, 0.4) is 0 Å². The van der Waals surface area contributed by atoms with Crippen LogP contribution in [0, 0.1) is 0 Å². The maximum atomic E-state index is 9.35. The van der Waals surface area contributed by atoms with Crippen LogP contribution in [0.15, 0.2) is 24.3 Å². The second-order valence-corrected chi connectivity index (χ2v) is 5.83. The first kappa shape index (κ1) is 12.6. The first-order valence-corrected chi connectivity index (χ1v) is 6.25. The molecule has 2 nitrogen and oxygen atoms in total. The summed E-state index contributed by atoms with van der Waals surface area (Å²) in [6.45, 7) is 5.11. The molecule has 1 fully saturated rings. The fraction of sp³-hybridized carbons (Fsp3) is 0.600. The van der Waals surface area contributed by atoms with E-state index in [1.165, 1.54) is 24.0 Å². The Morgan fingerprint density at radius 3 is 2.24 bits per heavy atom. The molecule has 0 atom stereocenters. The van der Waals surface area contributed by atoms with Crippen molar-refractivity contribution in [3.63, 3.8) is 0 Å². The highest BCUT2D eigenvalue weighted by Gasteiger charge is 2.44. The van der Waals surface area contributed by atoms with Gasteiger partial charge in [-0.2, -0.15) is 0 Å². The second kappa shape index (κ2) is 4.43. The smallest absolute Gasteiger partial charge is 0.0559 e. The molecule has 0 bridgehead atoms. The zero-order valence-electron chi connectivity index (χ0n) is 11.0. The van der Waals surface area contributed by atoms with Crippen molar-refractivity contribution in [1.82, 2.24) is 0 Å². The fourth-order valence-corrected chi connectivity index (χ4v) is 2.31. The molecule has 0 spiro atoms. The van der Waals surface area contributed by atoms with Crippen molar-refractivity contribution < 1.29 is 9.84 Å². The van der Waals surface area contributed by atoms with Gasteiger partial charge in [0, 0.05) is 17.9 Å². The lowest BCUT2D eigenvalue weighted by atomic mass is 9.84. The molecule has 0 aliphatic heterocycles. The minimum absolute atomic E-state index is 0.156. The predicted octanol–water partition coefficient (Wildman–Crippen LogP) is 2.63. The van der Waals surface area contributed by atoms with Crippen LogP contribution in [0.1, 0.15) is 37.8 Å². The molecule has 2 heteroatoms. The van der Waals surface area contributed by atoms with E-state index in [9.17, 15) is 5.11 Å². The van der Waals surface area contributed by atoms with Crippen molar-refractivity contribution >= 4 is 0 Å². The number of aliphatic hydroxyl groups excluding tert-OH is 1. The highest BCUT2D eigenvalue weighted by Crippen LogP contribution is 2.48. The van der Waals surface area contributed by atoms with Crippen molar-refractivity contribution in [2.45, 2.75) is 37.5 Å². The summed E-state index contributed by atoms with van der Waals surface area (Å²) in [6.07, 6.45) is 2.45. The van der Waals surface area contributed by atoms with Crippen LogP contribution in [0.25, 0.3) is 0 Å². The highest BCUT2D eigenvalue weighted by molar-refractivity contribution is 5.36. The molecule has 1 saturated carbocycles. The third-order valence-electron chi connectivity index (χ3n) is 3.95. The summed E-state index contributed by atoms with van der Waals surface area (Å²) in [5.74, 6) is 0. The Balaban J connectivity index is 2.19. The molecular formula is C15H22O2. The first-order valence-electron chi connectivity index (χ1n) is 6.25. The zero-order chi connectivity index (χ0) is 12.5. The van der Waals surface area contributed by atoms with E-state index in [1.54, 1.807) is 7.11 Å². The van der Waals surface area contributed by atoms with Gasteiger partial charge in [0.1, 0.15) is 0 Å². The number of methoxy groups -OCH3 is 1. The molecule has 1 aliphatic carbocycles. The van der Waals surface area contributed by atoms with Gasteiger partial charge in [0.25, 0.3) is 0 Å². The summed E-state index contributed by atoms with van der Waals surface area (Å²) in [7, 11) is 1.77. The maximum absolute atomic E-state index is 9.35. The molecule has 0 unspecified atom stereocenters. The fourth-order valence-electron chi connectivity index (χ4n) is 2.31. The maximum Gasteiger partial charge on any atom is 0.0559 e. The minimum atomic E-state index is -0.156. The standard InChI is InChI=1S/C15H22O2/c1-14(2,10-16)12-4-6-13(7-5-12)15(8-9-15)11-17-3/h4-7,16H,8-11H2,1-3H3. The number of hydrogen-bond acceptors (Lipinski definition) is 2. The van der Waals surface area contributed by atoms with E-state index in [0.717, 1.165) is 6.61 Å². The largest absolute Gasteiger partial charge is 0.395 e. The third-order valence-corrected chi connectivity index (χ3v) is 3.95. The van der Waals surface area contributed by atoms with Gasteiger partial charge in [-0.25, -0.2) is 0 Å². The monoisotopic (exact) mass is 234 g/mol. The van der Waals surface area contributed by atoms with Crippen LogP contribution in [0.2, 0.25) is 0 Å². The Kier molecular flexibility index (Phi) is 3.28. The Morgan fingerprint density at radius 2 is 1.82 bits per heavy atom. The van der Waals surface area contributed by atoms with Crippen molar-refractivity contribution in [3.05, 3.63) is 35.4 Å². The van der Waals surface area contributed by atoms with Crippen molar-refractivity contribution in [1.29, 1.82) is 0 Å². The van der Waals surface area contributed by atoms with Crippen molar-refractivity contribution in [2.24, 2.45) is 0 Å². The molecule has 1 N–H and O–H groups in total. The van der Waals surface area contributed by atoms with Crippen molar-refractivity contribution in [3.8, 4) is 0 Å². The molecule has 0 saturated heterocycles. The summed E-state index contributed by atoms with van der Waals surface area (Å²) < 4.78 is 5.30. The van der Waals surface area contributed by atoms with Crippen LogP contribution in [0.5, 0.6) is 0 Å². The number of aliphatic hydroxyl groups is 1. The van der Waals surface area contributed by atoms with Gasteiger partial charge >= 0.3 is 0 Å². The van der Waals surface area contributed by atoms with Crippen molar-refractivity contribution in [2.75, 3.05) is 20.3 Å². The van der Waals surface area contributed by atoms with Crippen LogP contribution in [0.4, 0.5) is 0 Å². The minimum Gasteiger partial charge on any atom is -0.395 e. The molecule has 0 amide bonds. The van der Waals surface area contributed by atoms with Crippen LogP contribution >= 0.6 is 0 Å². The first-order chi connectivity index (χ1) is 8.04. The molecule has 94 valence electrons. The SMILES string of the molecule is COCC1(c2ccc(C(C)(C)CO)cc2)CC1. The third kappa shape index (κ3) is 2.38. The summed E-state index contributed by atoms with van der Waals surface area (Å²) in [5, 5.41) is 9.35. The van der Waals surface area contributed by atoms with Crippen LogP contribution < -0.4 is 0 Å². The quantitative estimate of drug-likeness (QED) is 0.848. The highest BCUT2D eigenvalue weighted by atomic mass is 16.5. The van der Waals surface area contributed by atoms with E-state index < -0.39 is 0 Å². The van der Waals surface area contributed by atoms with Gasteiger partial charge in [-0.15, -0.1) is 0 Å². The molecule has 0 aromatic heterocycles. The summed E-state index contributed by atoms with van der Waals surface area (Å²) >= 11 is 0. The van der Waals surface area contributed by atoms with Gasteiger partial charge in [-0.1, -0.05) is 38.1 Å². The number of rotatable bonds is 5. The Morgan fingerprint density at radius 1 is 1.24 bits per heavy atom. The van der Waals surface area contributed by atoms with E-state index in [2.05, 4.69) is 38.1 Å². The van der Waals surface area contributed by atoms with Gasteiger partial charge in [-0.3, -0.25) is 0 Å². The van der Waals surface area contributed by atoms with E-state index in [4.69, 9.17) is 4.74 Å². The predicted molar refractivity (Wildman–Crippen MR) is 69.3 cm³/mol. The zero-order valence-corrected chi connectivity index (χ0v) is 11.0. The van der Waals surface area contributed by atoms with Gasteiger partial charge in [-0.05, 0) is 24.0 Å². The molecule has 2 rings (SSSR count). The normalized spacial score (nSPS) is 18.1. The topological polar surface area (TPSA) is 29.5 Å². The van der Waals surface area contributed by atoms with Crippen LogP contribution in [-0.2, 0) is 15.6 Å². The molecule has 1 aromatic carbocycles. The summed E-state index contributed by atoms with van der Waals surface area (Å²) in [6, 6.07) is 8.67. The molecule has 1 aliphatic rings. The summed E-state index contributed by atoms with van der Waals surface area (Å²) in [4.78, 5) is 0. The number of ether oxygens (including phenoxy) is 1. The lowest BCUT2D eigenvalue weighted by Crippen LogP contribution is -2.22. The number of hydrogen-bond donors (Lipinski definition) is 1. The molecular weight excluding hydrogens is 212 g/mol. The molecule has 1 aromatic rings. The Hall–Kier alpha value is -0.860.